The monoisotopic (exact) mass is 313 g/mol. The summed E-state index contributed by atoms with van der Waals surface area (Å²) >= 11 is 0. The van der Waals surface area contributed by atoms with E-state index < -0.39 is 0 Å². The van der Waals surface area contributed by atoms with Gasteiger partial charge < -0.3 is 4.90 Å². The van der Waals surface area contributed by atoms with Gasteiger partial charge in [0, 0.05) is 19.0 Å². The normalized spacial score (nSPS) is 17.7. The summed E-state index contributed by atoms with van der Waals surface area (Å²) in [6.07, 6.45) is 4.31. The summed E-state index contributed by atoms with van der Waals surface area (Å²) in [6, 6.07) is 6.37. The lowest BCUT2D eigenvalue weighted by Crippen LogP contribution is -2.28. The van der Waals surface area contributed by atoms with Gasteiger partial charge in [-0.1, -0.05) is 6.07 Å². The fourth-order valence-electron chi connectivity index (χ4n) is 3.37. The lowest BCUT2D eigenvalue weighted by atomic mass is 10.1. The SMILES string of the molecule is Cc1c(C(=O)N2CCCC2)c(C2CC2)nn1-c1cccc(F)c1. The first-order valence-corrected chi connectivity index (χ1v) is 8.30. The number of aromatic nitrogens is 2. The van der Waals surface area contributed by atoms with Gasteiger partial charge in [0.15, 0.2) is 0 Å². The molecule has 1 aliphatic carbocycles. The van der Waals surface area contributed by atoms with Crippen LogP contribution in [-0.4, -0.2) is 33.7 Å². The fourth-order valence-corrected chi connectivity index (χ4v) is 3.37. The van der Waals surface area contributed by atoms with Crippen LogP contribution in [0, 0.1) is 12.7 Å². The molecule has 1 aromatic heterocycles. The molecule has 1 saturated carbocycles. The van der Waals surface area contributed by atoms with E-state index in [1.165, 1.54) is 12.1 Å². The van der Waals surface area contributed by atoms with Crippen LogP contribution in [0.15, 0.2) is 24.3 Å². The van der Waals surface area contributed by atoms with Crippen molar-refractivity contribution in [2.24, 2.45) is 0 Å². The lowest BCUT2D eigenvalue weighted by molar-refractivity contribution is 0.0791. The van der Waals surface area contributed by atoms with Crippen molar-refractivity contribution in [1.82, 2.24) is 14.7 Å². The zero-order valence-electron chi connectivity index (χ0n) is 13.3. The number of likely N-dealkylation sites (tertiary alicyclic amines) is 1. The molecular weight excluding hydrogens is 293 g/mol. The minimum Gasteiger partial charge on any atom is -0.339 e. The number of hydrogen-bond acceptors (Lipinski definition) is 2. The standard InChI is InChI=1S/C18H20FN3O/c1-12-16(18(23)21-9-2-3-10-21)17(13-7-8-13)20-22(12)15-6-4-5-14(19)11-15/h4-6,11,13H,2-3,7-10H2,1H3. The first kappa shape index (κ1) is 14.4. The number of hydrogen-bond donors (Lipinski definition) is 0. The second-order valence-corrected chi connectivity index (χ2v) is 6.51. The van der Waals surface area contributed by atoms with Crippen molar-refractivity contribution in [2.45, 2.75) is 38.5 Å². The molecule has 1 aliphatic heterocycles. The predicted octanol–water partition coefficient (Wildman–Crippen LogP) is 3.43. The van der Waals surface area contributed by atoms with E-state index in [2.05, 4.69) is 5.10 Å². The molecule has 1 amide bonds. The van der Waals surface area contributed by atoms with Gasteiger partial charge in [-0.15, -0.1) is 0 Å². The molecule has 23 heavy (non-hydrogen) atoms. The molecule has 2 heterocycles. The van der Waals surface area contributed by atoms with Crippen molar-refractivity contribution < 1.29 is 9.18 Å². The third-order valence-electron chi connectivity index (χ3n) is 4.77. The topological polar surface area (TPSA) is 38.1 Å². The first-order chi connectivity index (χ1) is 11.1. The van der Waals surface area contributed by atoms with Crippen LogP contribution in [-0.2, 0) is 0 Å². The number of carbonyl (C=O) groups is 1. The molecule has 0 radical (unpaired) electrons. The Labute approximate surface area is 134 Å². The highest BCUT2D eigenvalue weighted by Crippen LogP contribution is 2.42. The Kier molecular flexibility index (Phi) is 3.43. The second-order valence-electron chi connectivity index (χ2n) is 6.51. The van der Waals surface area contributed by atoms with Crippen LogP contribution in [0.25, 0.3) is 5.69 Å². The number of carbonyl (C=O) groups excluding carboxylic acids is 1. The number of nitrogens with zero attached hydrogens (tertiary/aromatic N) is 3. The van der Waals surface area contributed by atoms with Crippen molar-refractivity contribution in [1.29, 1.82) is 0 Å². The molecule has 4 nitrogen and oxygen atoms in total. The molecule has 1 aromatic carbocycles. The van der Waals surface area contributed by atoms with Crippen molar-refractivity contribution in [3.8, 4) is 5.69 Å². The van der Waals surface area contributed by atoms with Gasteiger partial charge in [-0.2, -0.15) is 5.10 Å². The largest absolute Gasteiger partial charge is 0.339 e. The number of amides is 1. The van der Waals surface area contributed by atoms with E-state index in [0.29, 0.717) is 11.6 Å². The summed E-state index contributed by atoms with van der Waals surface area (Å²) in [5.74, 6) is 0.174. The molecule has 0 unspecified atom stereocenters. The van der Waals surface area contributed by atoms with Gasteiger partial charge in [0.05, 0.1) is 22.6 Å². The van der Waals surface area contributed by atoms with E-state index in [-0.39, 0.29) is 11.7 Å². The molecule has 0 spiro atoms. The van der Waals surface area contributed by atoms with Crippen LogP contribution in [0.1, 0.15) is 53.3 Å². The van der Waals surface area contributed by atoms with Crippen LogP contribution in [0.5, 0.6) is 0 Å². The van der Waals surface area contributed by atoms with E-state index in [9.17, 15) is 9.18 Å². The summed E-state index contributed by atoms with van der Waals surface area (Å²) < 4.78 is 15.3. The average Bonchev–Trinajstić information content (AvgIpc) is 3.11. The van der Waals surface area contributed by atoms with Crippen LogP contribution in [0.3, 0.4) is 0 Å². The third-order valence-corrected chi connectivity index (χ3v) is 4.77. The summed E-state index contributed by atoms with van der Waals surface area (Å²) in [5, 5.41) is 4.68. The minimum absolute atomic E-state index is 0.0875. The first-order valence-electron chi connectivity index (χ1n) is 8.30. The quantitative estimate of drug-likeness (QED) is 0.870. The maximum atomic E-state index is 13.6. The fraction of sp³-hybridized carbons (Fsp3) is 0.444. The Hall–Kier alpha value is -2.17. The second kappa shape index (κ2) is 5.48. The summed E-state index contributed by atoms with van der Waals surface area (Å²) in [6.45, 7) is 3.56. The molecule has 0 atom stereocenters. The molecule has 1 saturated heterocycles. The average molecular weight is 313 g/mol. The number of halogens is 1. The van der Waals surface area contributed by atoms with Crippen molar-refractivity contribution >= 4 is 5.91 Å². The van der Waals surface area contributed by atoms with Crippen LogP contribution in [0.2, 0.25) is 0 Å². The molecule has 120 valence electrons. The zero-order valence-corrected chi connectivity index (χ0v) is 13.3. The summed E-state index contributed by atoms with van der Waals surface area (Å²) in [7, 11) is 0. The number of rotatable bonds is 3. The van der Waals surface area contributed by atoms with Gasteiger partial charge in [-0.25, -0.2) is 9.07 Å². The van der Waals surface area contributed by atoms with E-state index >= 15 is 0 Å². The highest BCUT2D eigenvalue weighted by atomic mass is 19.1. The van der Waals surface area contributed by atoms with E-state index in [4.69, 9.17) is 0 Å². The Morgan fingerprint density at radius 3 is 2.65 bits per heavy atom. The molecule has 4 rings (SSSR count). The van der Waals surface area contributed by atoms with Gasteiger partial charge in [0.1, 0.15) is 5.82 Å². The van der Waals surface area contributed by atoms with E-state index in [1.807, 2.05) is 17.9 Å². The van der Waals surface area contributed by atoms with Gasteiger partial charge in [0.2, 0.25) is 0 Å². The minimum atomic E-state index is -0.294. The Morgan fingerprint density at radius 1 is 1.26 bits per heavy atom. The molecule has 2 aromatic rings. The van der Waals surface area contributed by atoms with Gasteiger partial charge >= 0.3 is 0 Å². The smallest absolute Gasteiger partial charge is 0.257 e. The Bertz CT molecular complexity index is 758. The van der Waals surface area contributed by atoms with E-state index in [1.54, 1.807) is 10.7 Å². The van der Waals surface area contributed by atoms with Crippen LogP contribution >= 0.6 is 0 Å². The molecular formula is C18H20FN3O. The van der Waals surface area contributed by atoms with Gasteiger partial charge in [0.25, 0.3) is 5.91 Å². The van der Waals surface area contributed by atoms with Crippen molar-refractivity contribution in [3.63, 3.8) is 0 Å². The zero-order chi connectivity index (χ0) is 16.0. The molecule has 2 aliphatic rings. The molecule has 0 bridgehead atoms. The predicted molar refractivity (Wildman–Crippen MR) is 85.4 cm³/mol. The maximum Gasteiger partial charge on any atom is 0.257 e. The van der Waals surface area contributed by atoms with E-state index in [0.717, 1.165) is 55.7 Å². The number of benzene rings is 1. The molecule has 0 N–H and O–H groups in total. The molecule has 5 heteroatoms. The third kappa shape index (κ3) is 2.54. The van der Waals surface area contributed by atoms with Gasteiger partial charge in [-0.3, -0.25) is 4.79 Å². The summed E-state index contributed by atoms with van der Waals surface area (Å²) in [4.78, 5) is 14.9. The maximum absolute atomic E-state index is 13.6. The van der Waals surface area contributed by atoms with Crippen LogP contribution in [0.4, 0.5) is 4.39 Å². The van der Waals surface area contributed by atoms with Gasteiger partial charge in [-0.05, 0) is 50.8 Å². The Morgan fingerprint density at radius 2 is 2.00 bits per heavy atom. The highest BCUT2D eigenvalue weighted by molar-refractivity contribution is 5.97. The summed E-state index contributed by atoms with van der Waals surface area (Å²) in [5.41, 5.74) is 3.11. The highest BCUT2D eigenvalue weighted by Gasteiger charge is 2.35. The van der Waals surface area contributed by atoms with Crippen molar-refractivity contribution in [3.05, 3.63) is 47.0 Å². The molecule has 2 fully saturated rings. The van der Waals surface area contributed by atoms with Crippen molar-refractivity contribution in [2.75, 3.05) is 13.1 Å². The Balaban J connectivity index is 1.80. The van der Waals surface area contributed by atoms with Crippen LogP contribution < -0.4 is 0 Å². The lowest BCUT2D eigenvalue weighted by Gasteiger charge is -2.15.